The number of hydrogen-bond acceptors (Lipinski definition) is 6. The summed E-state index contributed by atoms with van der Waals surface area (Å²) in [6, 6.07) is 7.78. The highest BCUT2D eigenvalue weighted by Gasteiger charge is 2.30. The van der Waals surface area contributed by atoms with Crippen LogP contribution in [0.5, 0.6) is 11.5 Å². The van der Waals surface area contributed by atoms with Crippen LogP contribution in [0.4, 0.5) is 5.82 Å². The van der Waals surface area contributed by atoms with Crippen LogP contribution in [-0.2, 0) is 14.8 Å². The number of anilines is 1. The van der Waals surface area contributed by atoms with Crippen molar-refractivity contribution < 1.29 is 22.7 Å². The number of aromatic nitrogens is 1. The number of carbonyl (C=O) groups excluding carboxylic acids is 1. The van der Waals surface area contributed by atoms with Gasteiger partial charge < -0.3 is 9.47 Å². The fourth-order valence-corrected chi connectivity index (χ4v) is 4.57. The molecule has 0 unspecified atom stereocenters. The zero-order valence-corrected chi connectivity index (χ0v) is 16.9. The summed E-state index contributed by atoms with van der Waals surface area (Å²) < 4.78 is 39.4. The van der Waals surface area contributed by atoms with E-state index in [1.54, 1.807) is 18.3 Å². The van der Waals surface area contributed by atoms with Gasteiger partial charge in [-0.2, -0.15) is 0 Å². The molecule has 1 aromatic carbocycles. The number of benzene rings is 1. The molecule has 0 spiro atoms. The number of rotatable bonds is 6. The second kappa shape index (κ2) is 8.10. The quantitative estimate of drug-likeness (QED) is 0.776. The summed E-state index contributed by atoms with van der Waals surface area (Å²) in [6.07, 6.45) is 3.96. The molecule has 1 atom stereocenters. The van der Waals surface area contributed by atoms with E-state index in [4.69, 9.17) is 9.47 Å². The number of amides is 1. The molecule has 29 heavy (non-hydrogen) atoms. The molecule has 1 amide bonds. The van der Waals surface area contributed by atoms with Gasteiger partial charge in [0.25, 0.3) is 5.91 Å². The molecule has 3 heterocycles. The molecule has 0 radical (unpaired) electrons. The average molecular weight is 417 g/mol. The lowest BCUT2D eigenvalue weighted by atomic mass is 10.1. The SMILES string of the molecule is CCCN1C(=O)c2cc(S(=O)(=O)NC[C@H]3CCCO3)ccc2Oc2cccnc21. The highest BCUT2D eigenvalue weighted by Crippen LogP contribution is 2.38. The van der Waals surface area contributed by atoms with Gasteiger partial charge >= 0.3 is 0 Å². The second-order valence-corrected chi connectivity index (χ2v) is 8.80. The summed E-state index contributed by atoms with van der Waals surface area (Å²) in [4.78, 5) is 19.0. The monoisotopic (exact) mass is 417 g/mol. The minimum atomic E-state index is -3.79. The molecule has 0 saturated carbocycles. The standard InChI is InChI=1S/C20H23N3O5S/c1-2-10-23-19-18(6-3-9-21-19)28-17-8-7-15(12-16(17)20(23)24)29(25,26)22-13-14-5-4-11-27-14/h3,6-9,12,14,22H,2,4-5,10-11,13H2,1H3/t14-/m1/s1. The summed E-state index contributed by atoms with van der Waals surface area (Å²) in [6.45, 7) is 3.26. The number of nitrogens with zero attached hydrogens (tertiary/aromatic N) is 2. The lowest BCUT2D eigenvalue weighted by Gasteiger charge is -2.20. The average Bonchev–Trinajstić information content (AvgIpc) is 3.21. The zero-order chi connectivity index (χ0) is 20.4. The van der Waals surface area contributed by atoms with Crippen LogP contribution in [-0.4, -0.2) is 45.1 Å². The van der Waals surface area contributed by atoms with E-state index in [2.05, 4.69) is 9.71 Å². The van der Waals surface area contributed by atoms with Gasteiger partial charge in [-0.1, -0.05) is 6.92 Å². The third kappa shape index (κ3) is 3.98. The molecule has 0 bridgehead atoms. The second-order valence-electron chi connectivity index (χ2n) is 7.03. The molecule has 1 fully saturated rings. The van der Waals surface area contributed by atoms with E-state index in [1.165, 1.54) is 23.1 Å². The Labute approximate surface area is 169 Å². The van der Waals surface area contributed by atoms with Gasteiger partial charge in [-0.05, 0) is 49.6 Å². The first-order valence-corrected chi connectivity index (χ1v) is 11.2. The molecule has 9 heteroatoms. The summed E-state index contributed by atoms with van der Waals surface area (Å²) in [7, 11) is -3.79. The first kappa shape index (κ1) is 19.8. The summed E-state index contributed by atoms with van der Waals surface area (Å²) >= 11 is 0. The number of sulfonamides is 1. The van der Waals surface area contributed by atoms with Crippen LogP contribution in [0.2, 0.25) is 0 Å². The van der Waals surface area contributed by atoms with Crippen LogP contribution in [0.1, 0.15) is 36.5 Å². The highest BCUT2D eigenvalue weighted by atomic mass is 32.2. The van der Waals surface area contributed by atoms with Gasteiger partial charge in [0.15, 0.2) is 11.6 Å². The van der Waals surface area contributed by atoms with E-state index in [0.29, 0.717) is 30.5 Å². The van der Waals surface area contributed by atoms with Crippen molar-refractivity contribution in [1.29, 1.82) is 0 Å². The number of fused-ring (bicyclic) bond motifs is 2. The van der Waals surface area contributed by atoms with Crippen molar-refractivity contribution in [2.45, 2.75) is 37.2 Å². The van der Waals surface area contributed by atoms with E-state index in [0.717, 1.165) is 19.3 Å². The van der Waals surface area contributed by atoms with Crippen LogP contribution in [0.15, 0.2) is 41.4 Å². The maximum Gasteiger partial charge on any atom is 0.263 e. The van der Waals surface area contributed by atoms with Gasteiger partial charge in [-0.25, -0.2) is 18.1 Å². The van der Waals surface area contributed by atoms with Crippen molar-refractivity contribution in [1.82, 2.24) is 9.71 Å². The zero-order valence-electron chi connectivity index (χ0n) is 16.1. The van der Waals surface area contributed by atoms with Crippen molar-refractivity contribution in [3.8, 4) is 11.5 Å². The van der Waals surface area contributed by atoms with Crippen molar-refractivity contribution in [2.24, 2.45) is 0 Å². The number of hydrogen-bond donors (Lipinski definition) is 1. The highest BCUT2D eigenvalue weighted by molar-refractivity contribution is 7.89. The smallest absolute Gasteiger partial charge is 0.263 e. The predicted octanol–water partition coefficient (Wildman–Crippen LogP) is 2.70. The Morgan fingerprint density at radius 2 is 2.14 bits per heavy atom. The normalized spacial score (nSPS) is 18.7. The number of carbonyl (C=O) groups is 1. The van der Waals surface area contributed by atoms with Crippen molar-refractivity contribution in [2.75, 3.05) is 24.6 Å². The maximum absolute atomic E-state index is 13.2. The van der Waals surface area contributed by atoms with Crippen LogP contribution in [0, 0.1) is 0 Å². The number of pyridine rings is 1. The Morgan fingerprint density at radius 1 is 1.28 bits per heavy atom. The molecule has 1 saturated heterocycles. The van der Waals surface area contributed by atoms with E-state index in [-0.39, 0.29) is 29.0 Å². The Bertz CT molecular complexity index is 1020. The Hall–Kier alpha value is -2.49. The van der Waals surface area contributed by atoms with Crippen molar-refractivity contribution in [3.05, 3.63) is 42.1 Å². The topological polar surface area (TPSA) is 97.8 Å². The van der Waals surface area contributed by atoms with E-state index >= 15 is 0 Å². The molecular weight excluding hydrogens is 394 g/mol. The lowest BCUT2D eigenvalue weighted by molar-refractivity contribution is 0.0986. The fraction of sp³-hybridized carbons (Fsp3) is 0.400. The molecule has 0 aliphatic carbocycles. The molecule has 1 aromatic heterocycles. The van der Waals surface area contributed by atoms with Gasteiger partial charge in [-0.15, -0.1) is 0 Å². The first-order valence-electron chi connectivity index (χ1n) is 9.69. The lowest BCUT2D eigenvalue weighted by Crippen LogP contribution is -2.33. The molecule has 2 aliphatic rings. The Balaban J connectivity index is 1.66. The van der Waals surface area contributed by atoms with Crippen LogP contribution < -0.4 is 14.4 Å². The van der Waals surface area contributed by atoms with Gasteiger partial charge in [0.1, 0.15) is 5.75 Å². The summed E-state index contributed by atoms with van der Waals surface area (Å²) in [5.41, 5.74) is 0.191. The summed E-state index contributed by atoms with van der Waals surface area (Å²) in [5.74, 6) is 0.855. The van der Waals surface area contributed by atoms with Crippen LogP contribution >= 0.6 is 0 Å². The number of ether oxygens (including phenoxy) is 2. The Kier molecular flexibility index (Phi) is 5.53. The van der Waals surface area contributed by atoms with Crippen LogP contribution in [0.25, 0.3) is 0 Å². The van der Waals surface area contributed by atoms with E-state index in [1.807, 2.05) is 6.92 Å². The molecule has 2 aromatic rings. The summed E-state index contributed by atoms with van der Waals surface area (Å²) in [5, 5.41) is 0. The molecule has 1 N–H and O–H groups in total. The van der Waals surface area contributed by atoms with Crippen molar-refractivity contribution in [3.63, 3.8) is 0 Å². The molecule has 4 rings (SSSR count). The van der Waals surface area contributed by atoms with Crippen LogP contribution in [0.3, 0.4) is 0 Å². The largest absolute Gasteiger partial charge is 0.453 e. The fourth-order valence-electron chi connectivity index (χ4n) is 3.48. The minimum Gasteiger partial charge on any atom is -0.453 e. The molecule has 2 aliphatic heterocycles. The third-order valence-electron chi connectivity index (χ3n) is 4.94. The molecular formula is C20H23N3O5S. The Morgan fingerprint density at radius 3 is 2.90 bits per heavy atom. The molecule has 8 nitrogen and oxygen atoms in total. The number of nitrogens with one attached hydrogen (secondary N) is 1. The van der Waals surface area contributed by atoms with Gasteiger partial charge in [0, 0.05) is 25.9 Å². The predicted molar refractivity (Wildman–Crippen MR) is 107 cm³/mol. The minimum absolute atomic E-state index is 0.0153. The van der Waals surface area contributed by atoms with Gasteiger partial charge in [0.05, 0.1) is 16.6 Å². The maximum atomic E-state index is 13.2. The van der Waals surface area contributed by atoms with E-state index < -0.39 is 10.0 Å². The third-order valence-corrected chi connectivity index (χ3v) is 6.36. The first-order chi connectivity index (χ1) is 14.0. The van der Waals surface area contributed by atoms with Gasteiger partial charge in [-0.3, -0.25) is 9.69 Å². The van der Waals surface area contributed by atoms with Crippen molar-refractivity contribution >= 4 is 21.7 Å². The molecule has 154 valence electrons. The van der Waals surface area contributed by atoms with E-state index in [9.17, 15) is 13.2 Å². The van der Waals surface area contributed by atoms with Gasteiger partial charge in [0.2, 0.25) is 10.0 Å².